The van der Waals surface area contributed by atoms with Gasteiger partial charge in [0.1, 0.15) is 11.4 Å². The van der Waals surface area contributed by atoms with Crippen LogP contribution in [0.3, 0.4) is 0 Å². The van der Waals surface area contributed by atoms with Gasteiger partial charge in [0.25, 0.3) is 5.56 Å². The second-order valence-corrected chi connectivity index (χ2v) is 8.39. The number of ether oxygens (including phenoxy) is 1. The summed E-state index contributed by atoms with van der Waals surface area (Å²) in [7, 11) is 1.53. The minimum Gasteiger partial charge on any atom is -0.375 e. The molecule has 1 fully saturated rings. The van der Waals surface area contributed by atoms with E-state index in [-0.39, 0.29) is 18.1 Å². The summed E-state index contributed by atoms with van der Waals surface area (Å²) in [5, 5.41) is 0.805. The third kappa shape index (κ3) is 3.35. The van der Waals surface area contributed by atoms with Crippen LogP contribution in [0, 0.1) is 0 Å². The second kappa shape index (κ2) is 8.05. The first-order valence-electron chi connectivity index (χ1n) is 9.81. The molecule has 1 saturated heterocycles. The molecule has 1 aliphatic carbocycles. The highest BCUT2D eigenvalue weighted by molar-refractivity contribution is 7.18. The lowest BCUT2D eigenvalue weighted by Crippen LogP contribution is -2.51. The van der Waals surface area contributed by atoms with Gasteiger partial charge in [0.15, 0.2) is 0 Å². The van der Waals surface area contributed by atoms with Crippen LogP contribution in [-0.2, 0) is 28.9 Å². The Morgan fingerprint density at radius 2 is 2.00 bits per heavy atom. The molecule has 3 heterocycles. The SMILES string of the molecule is C=CCn1c(N2CCN(C(=O)COC)CC2)nc2sc3c(c2c1=O)CCCC3. The van der Waals surface area contributed by atoms with Crippen LogP contribution in [0.15, 0.2) is 17.4 Å². The zero-order valence-corrected chi connectivity index (χ0v) is 17.1. The minimum atomic E-state index is -0.0000229. The topological polar surface area (TPSA) is 67.7 Å². The number of hydrogen-bond donors (Lipinski definition) is 0. The van der Waals surface area contributed by atoms with Crippen LogP contribution < -0.4 is 10.5 Å². The van der Waals surface area contributed by atoms with Gasteiger partial charge >= 0.3 is 0 Å². The number of hydrogen-bond acceptors (Lipinski definition) is 6. The molecule has 2 aromatic heterocycles. The molecule has 8 heteroatoms. The minimum absolute atomic E-state index is 0.0000229. The molecule has 0 bridgehead atoms. The average Bonchev–Trinajstić information content (AvgIpc) is 3.09. The molecular weight excluding hydrogens is 376 g/mol. The van der Waals surface area contributed by atoms with Crippen molar-refractivity contribution in [3.05, 3.63) is 33.4 Å². The number of methoxy groups -OCH3 is 1. The number of rotatable bonds is 5. The normalized spacial score (nSPS) is 17.0. The van der Waals surface area contributed by atoms with Crippen LogP contribution in [-0.4, -0.2) is 60.3 Å². The summed E-state index contributed by atoms with van der Waals surface area (Å²) in [5.74, 6) is 0.690. The number of aryl methyl sites for hydroxylation is 2. The van der Waals surface area contributed by atoms with Gasteiger partial charge in [-0.15, -0.1) is 17.9 Å². The van der Waals surface area contributed by atoms with Crippen LogP contribution in [0.1, 0.15) is 23.3 Å². The van der Waals surface area contributed by atoms with E-state index in [2.05, 4.69) is 11.5 Å². The predicted octanol–water partition coefficient (Wildman–Crippen LogP) is 1.82. The number of nitrogens with zero attached hydrogens (tertiary/aromatic N) is 4. The number of amides is 1. The quantitative estimate of drug-likeness (QED) is 0.714. The Labute approximate surface area is 168 Å². The van der Waals surface area contributed by atoms with E-state index in [1.54, 1.807) is 26.9 Å². The molecule has 7 nitrogen and oxygen atoms in total. The summed E-state index contributed by atoms with van der Waals surface area (Å²) in [4.78, 5) is 36.4. The summed E-state index contributed by atoms with van der Waals surface area (Å²) in [6.45, 7) is 6.86. The summed E-state index contributed by atoms with van der Waals surface area (Å²) in [6.07, 6.45) is 6.09. The van der Waals surface area contributed by atoms with E-state index in [4.69, 9.17) is 9.72 Å². The number of aromatic nitrogens is 2. The highest BCUT2D eigenvalue weighted by Gasteiger charge is 2.27. The summed E-state index contributed by atoms with van der Waals surface area (Å²) < 4.78 is 6.69. The fourth-order valence-corrected chi connectivity index (χ4v) is 5.38. The first kappa shape index (κ1) is 19.1. The highest BCUT2D eigenvalue weighted by Crippen LogP contribution is 2.34. The van der Waals surface area contributed by atoms with E-state index in [1.807, 2.05) is 0 Å². The van der Waals surface area contributed by atoms with Crippen molar-refractivity contribution in [1.82, 2.24) is 14.5 Å². The van der Waals surface area contributed by atoms with Gasteiger partial charge in [0.05, 0.1) is 5.39 Å². The lowest BCUT2D eigenvalue weighted by atomic mass is 9.97. The molecule has 1 amide bonds. The Balaban J connectivity index is 1.69. The van der Waals surface area contributed by atoms with Crippen molar-refractivity contribution in [2.45, 2.75) is 32.2 Å². The number of carbonyl (C=O) groups excluding carboxylic acids is 1. The third-order valence-corrected chi connectivity index (χ3v) is 6.74. The maximum absolute atomic E-state index is 13.3. The second-order valence-electron chi connectivity index (χ2n) is 7.31. The molecule has 0 spiro atoms. The number of allylic oxidation sites excluding steroid dienone is 1. The Morgan fingerprint density at radius 1 is 1.25 bits per heavy atom. The van der Waals surface area contributed by atoms with Crippen LogP contribution in [0.25, 0.3) is 10.2 Å². The van der Waals surface area contributed by atoms with Crippen LogP contribution >= 0.6 is 11.3 Å². The van der Waals surface area contributed by atoms with Crippen molar-refractivity contribution in [3.8, 4) is 0 Å². The highest BCUT2D eigenvalue weighted by atomic mass is 32.1. The van der Waals surface area contributed by atoms with Crippen molar-refractivity contribution >= 4 is 33.4 Å². The number of anilines is 1. The first-order chi connectivity index (χ1) is 13.6. The molecule has 150 valence electrons. The molecule has 28 heavy (non-hydrogen) atoms. The van der Waals surface area contributed by atoms with Gasteiger partial charge in [-0.3, -0.25) is 14.2 Å². The molecule has 2 aromatic rings. The molecule has 0 radical (unpaired) electrons. The maximum Gasteiger partial charge on any atom is 0.264 e. The van der Waals surface area contributed by atoms with Gasteiger partial charge in [-0.05, 0) is 31.2 Å². The van der Waals surface area contributed by atoms with E-state index >= 15 is 0 Å². The number of fused-ring (bicyclic) bond motifs is 3. The number of piperazine rings is 1. The summed E-state index contributed by atoms with van der Waals surface area (Å²) in [5.41, 5.74) is 1.25. The van der Waals surface area contributed by atoms with E-state index in [0.717, 1.165) is 29.5 Å². The lowest BCUT2D eigenvalue weighted by molar-refractivity contribution is -0.135. The lowest BCUT2D eigenvalue weighted by Gasteiger charge is -2.36. The molecule has 0 atom stereocenters. The van der Waals surface area contributed by atoms with Gasteiger partial charge in [-0.1, -0.05) is 6.08 Å². The third-order valence-electron chi connectivity index (χ3n) is 5.55. The van der Waals surface area contributed by atoms with Crippen molar-refractivity contribution in [3.63, 3.8) is 0 Å². The Kier molecular flexibility index (Phi) is 5.50. The fraction of sp³-hybridized carbons (Fsp3) is 0.550. The number of carbonyl (C=O) groups is 1. The van der Waals surface area contributed by atoms with Gasteiger partial charge in [-0.2, -0.15) is 0 Å². The zero-order valence-electron chi connectivity index (χ0n) is 16.3. The van der Waals surface area contributed by atoms with Gasteiger partial charge in [0.2, 0.25) is 11.9 Å². The summed E-state index contributed by atoms with van der Waals surface area (Å²) in [6, 6.07) is 0. The van der Waals surface area contributed by atoms with Crippen molar-refractivity contribution < 1.29 is 9.53 Å². The fourth-order valence-electron chi connectivity index (χ4n) is 4.13. The Hall–Kier alpha value is -2.19. The van der Waals surface area contributed by atoms with Crippen LogP contribution in [0.4, 0.5) is 5.95 Å². The molecule has 2 aliphatic rings. The average molecular weight is 403 g/mol. The number of thiophene rings is 1. The first-order valence-corrected chi connectivity index (χ1v) is 10.6. The standard InChI is InChI=1S/C20H26N4O3S/c1-3-8-24-19(26)17-14-6-4-5-7-15(14)28-18(17)21-20(24)23-11-9-22(10-12-23)16(25)13-27-2/h3H,1,4-13H2,2H3. The molecule has 0 aromatic carbocycles. The largest absolute Gasteiger partial charge is 0.375 e. The Morgan fingerprint density at radius 3 is 2.71 bits per heavy atom. The summed E-state index contributed by atoms with van der Waals surface area (Å²) >= 11 is 1.67. The molecule has 0 N–H and O–H groups in total. The molecule has 1 aliphatic heterocycles. The molecule has 0 saturated carbocycles. The van der Waals surface area contributed by atoms with Crippen LogP contribution in [0.2, 0.25) is 0 Å². The molecule has 4 rings (SSSR count). The van der Waals surface area contributed by atoms with Crippen molar-refractivity contribution in [1.29, 1.82) is 0 Å². The predicted molar refractivity (Wildman–Crippen MR) is 111 cm³/mol. The molecular formula is C20H26N4O3S. The zero-order chi connectivity index (χ0) is 19.7. The van der Waals surface area contributed by atoms with E-state index < -0.39 is 0 Å². The van der Waals surface area contributed by atoms with Gasteiger partial charge < -0.3 is 14.5 Å². The van der Waals surface area contributed by atoms with Crippen LogP contribution in [0.5, 0.6) is 0 Å². The maximum atomic E-state index is 13.3. The molecule has 0 unspecified atom stereocenters. The van der Waals surface area contributed by atoms with E-state index in [9.17, 15) is 9.59 Å². The van der Waals surface area contributed by atoms with Crippen molar-refractivity contribution in [2.24, 2.45) is 0 Å². The van der Waals surface area contributed by atoms with E-state index in [0.29, 0.717) is 38.7 Å². The monoisotopic (exact) mass is 402 g/mol. The van der Waals surface area contributed by atoms with E-state index in [1.165, 1.54) is 24.0 Å². The van der Waals surface area contributed by atoms with Crippen molar-refractivity contribution in [2.75, 3.05) is 44.8 Å². The van der Waals surface area contributed by atoms with Gasteiger partial charge in [-0.25, -0.2) is 4.98 Å². The Bertz CT molecular complexity index is 956. The smallest absolute Gasteiger partial charge is 0.264 e. The van der Waals surface area contributed by atoms with Gasteiger partial charge in [0, 0.05) is 44.7 Å².